The van der Waals surface area contributed by atoms with Gasteiger partial charge in [0.1, 0.15) is 0 Å². The van der Waals surface area contributed by atoms with Gasteiger partial charge in [-0.1, -0.05) is 6.92 Å². The zero-order valence-corrected chi connectivity index (χ0v) is 10.7. The highest BCUT2D eigenvalue weighted by Crippen LogP contribution is 2.13. The van der Waals surface area contributed by atoms with E-state index < -0.39 is 0 Å². The van der Waals surface area contributed by atoms with Crippen LogP contribution < -0.4 is 11.5 Å². The van der Waals surface area contributed by atoms with E-state index in [9.17, 15) is 0 Å². The molecule has 0 aromatic heterocycles. The van der Waals surface area contributed by atoms with Gasteiger partial charge in [-0.15, -0.1) is 0 Å². The van der Waals surface area contributed by atoms with Crippen molar-refractivity contribution in [3.63, 3.8) is 0 Å². The summed E-state index contributed by atoms with van der Waals surface area (Å²) in [6.45, 7) is 8.37. The van der Waals surface area contributed by atoms with Crippen LogP contribution in [0, 0.1) is 0 Å². The molecule has 0 aromatic rings. The van der Waals surface area contributed by atoms with Crippen LogP contribution in [-0.4, -0.2) is 43.0 Å². The highest BCUT2D eigenvalue weighted by molar-refractivity contribution is 5.23. The minimum Gasteiger partial charge on any atom is -0.401 e. The Bertz CT molecular complexity index is 281. The molecule has 1 saturated heterocycles. The third kappa shape index (κ3) is 3.45. The predicted molar refractivity (Wildman–Crippen MR) is 68.5 cm³/mol. The van der Waals surface area contributed by atoms with E-state index in [0.29, 0.717) is 11.4 Å². The van der Waals surface area contributed by atoms with E-state index in [-0.39, 0.29) is 0 Å². The molecule has 0 unspecified atom stereocenters. The minimum atomic E-state index is 0.691. The molecule has 1 aliphatic heterocycles. The molecular weight excluding hydrogens is 200 g/mol. The van der Waals surface area contributed by atoms with E-state index in [1.807, 2.05) is 13.0 Å². The number of piperazine rings is 1. The zero-order chi connectivity index (χ0) is 12.1. The lowest BCUT2D eigenvalue weighted by Gasteiger charge is -2.35. The van der Waals surface area contributed by atoms with Crippen molar-refractivity contribution >= 4 is 0 Å². The van der Waals surface area contributed by atoms with Crippen LogP contribution in [0.3, 0.4) is 0 Å². The second kappa shape index (κ2) is 5.80. The normalized spacial score (nSPS) is 20.9. The summed E-state index contributed by atoms with van der Waals surface area (Å²) in [4.78, 5) is 4.74. The first-order valence-electron chi connectivity index (χ1n) is 5.90. The standard InChI is InChI=1S/C12H24N4/c1-4-11(9-12(14)10(2)13)16-7-5-15(3)6-8-16/h9H,4-8,13-14H2,1-3H3/b11-9+,12-10-. The molecule has 4 nitrogen and oxygen atoms in total. The Morgan fingerprint density at radius 2 is 1.75 bits per heavy atom. The third-order valence-electron chi connectivity index (χ3n) is 3.05. The molecule has 1 fully saturated rings. The Labute approximate surface area is 98.6 Å². The lowest BCUT2D eigenvalue weighted by Crippen LogP contribution is -2.43. The summed E-state index contributed by atoms with van der Waals surface area (Å²) in [5.74, 6) is 0. The second-order valence-corrected chi connectivity index (χ2v) is 4.42. The van der Waals surface area contributed by atoms with Crippen LogP contribution in [0.1, 0.15) is 20.3 Å². The fourth-order valence-electron chi connectivity index (χ4n) is 1.80. The smallest absolute Gasteiger partial charge is 0.0519 e. The molecule has 1 heterocycles. The van der Waals surface area contributed by atoms with Crippen molar-refractivity contribution < 1.29 is 0 Å². The van der Waals surface area contributed by atoms with Gasteiger partial charge < -0.3 is 21.3 Å². The molecule has 16 heavy (non-hydrogen) atoms. The topological polar surface area (TPSA) is 58.5 Å². The summed E-state index contributed by atoms with van der Waals surface area (Å²) in [5.41, 5.74) is 14.2. The lowest BCUT2D eigenvalue weighted by molar-refractivity contribution is 0.183. The molecule has 0 saturated carbocycles. The third-order valence-corrected chi connectivity index (χ3v) is 3.05. The molecule has 0 aromatic carbocycles. The van der Waals surface area contributed by atoms with E-state index in [4.69, 9.17) is 11.5 Å². The van der Waals surface area contributed by atoms with E-state index in [2.05, 4.69) is 23.8 Å². The summed E-state index contributed by atoms with van der Waals surface area (Å²) >= 11 is 0. The number of allylic oxidation sites excluding steroid dienone is 3. The monoisotopic (exact) mass is 224 g/mol. The Hall–Kier alpha value is -1.16. The molecule has 0 amide bonds. The van der Waals surface area contributed by atoms with Crippen LogP contribution in [0.25, 0.3) is 0 Å². The van der Waals surface area contributed by atoms with Gasteiger partial charge in [-0.2, -0.15) is 0 Å². The fourth-order valence-corrected chi connectivity index (χ4v) is 1.80. The quantitative estimate of drug-likeness (QED) is 0.692. The fraction of sp³-hybridized carbons (Fsp3) is 0.667. The number of hydrogen-bond acceptors (Lipinski definition) is 4. The molecule has 0 spiro atoms. The maximum atomic E-state index is 5.87. The van der Waals surface area contributed by atoms with Gasteiger partial charge in [0.15, 0.2) is 0 Å². The molecule has 4 heteroatoms. The molecule has 1 aliphatic rings. The maximum absolute atomic E-state index is 5.87. The Kier molecular flexibility index (Phi) is 4.68. The largest absolute Gasteiger partial charge is 0.401 e. The molecule has 0 atom stereocenters. The highest BCUT2D eigenvalue weighted by atomic mass is 15.2. The molecule has 4 N–H and O–H groups in total. The number of nitrogens with zero attached hydrogens (tertiary/aromatic N) is 2. The van der Waals surface area contributed by atoms with Crippen LogP contribution >= 0.6 is 0 Å². The SMILES string of the molecule is CC/C(=C\C(N)=C(/C)N)N1CCN(C)CC1. The summed E-state index contributed by atoms with van der Waals surface area (Å²) in [5, 5.41) is 0. The summed E-state index contributed by atoms with van der Waals surface area (Å²) in [7, 11) is 2.16. The zero-order valence-electron chi connectivity index (χ0n) is 10.7. The van der Waals surface area contributed by atoms with E-state index in [1.54, 1.807) is 0 Å². The van der Waals surface area contributed by atoms with Crippen LogP contribution in [0.4, 0.5) is 0 Å². The van der Waals surface area contributed by atoms with Gasteiger partial charge in [-0.3, -0.25) is 0 Å². The number of nitrogens with two attached hydrogens (primary N) is 2. The average Bonchev–Trinajstić information content (AvgIpc) is 2.26. The molecule has 0 bridgehead atoms. The van der Waals surface area contributed by atoms with Crippen molar-refractivity contribution in [2.24, 2.45) is 11.5 Å². The number of hydrogen-bond donors (Lipinski definition) is 2. The Balaban J connectivity index is 2.71. The molecular formula is C12H24N4. The first-order valence-corrected chi connectivity index (χ1v) is 5.90. The molecule has 0 radical (unpaired) electrons. The van der Waals surface area contributed by atoms with Crippen molar-refractivity contribution in [3.8, 4) is 0 Å². The Morgan fingerprint density at radius 3 is 2.19 bits per heavy atom. The van der Waals surface area contributed by atoms with Gasteiger partial charge in [0.25, 0.3) is 0 Å². The van der Waals surface area contributed by atoms with E-state index in [0.717, 1.165) is 32.6 Å². The van der Waals surface area contributed by atoms with Crippen LogP contribution in [0.15, 0.2) is 23.2 Å². The van der Waals surface area contributed by atoms with Gasteiger partial charge >= 0.3 is 0 Å². The first kappa shape index (κ1) is 12.9. The van der Waals surface area contributed by atoms with Crippen molar-refractivity contribution in [3.05, 3.63) is 23.2 Å². The van der Waals surface area contributed by atoms with Crippen molar-refractivity contribution in [2.45, 2.75) is 20.3 Å². The number of rotatable bonds is 3. The van der Waals surface area contributed by atoms with Crippen LogP contribution in [0.5, 0.6) is 0 Å². The predicted octanol–water partition coefficient (Wildman–Crippen LogP) is 0.677. The second-order valence-electron chi connectivity index (χ2n) is 4.42. The first-order chi connectivity index (χ1) is 7.54. The van der Waals surface area contributed by atoms with Gasteiger partial charge in [0, 0.05) is 37.6 Å². The molecule has 1 rings (SSSR count). The Morgan fingerprint density at radius 1 is 1.19 bits per heavy atom. The molecule has 92 valence electrons. The minimum absolute atomic E-state index is 0.691. The van der Waals surface area contributed by atoms with E-state index in [1.165, 1.54) is 5.70 Å². The maximum Gasteiger partial charge on any atom is 0.0519 e. The van der Waals surface area contributed by atoms with E-state index >= 15 is 0 Å². The van der Waals surface area contributed by atoms with Crippen LogP contribution in [0.2, 0.25) is 0 Å². The van der Waals surface area contributed by atoms with Gasteiger partial charge in [-0.05, 0) is 26.5 Å². The van der Waals surface area contributed by atoms with Crippen LogP contribution in [-0.2, 0) is 0 Å². The average molecular weight is 224 g/mol. The lowest BCUT2D eigenvalue weighted by atomic mass is 10.2. The van der Waals surface area contributed by atoms with Gasteiger partial charge in [0.05, 0.1) is 5.70 Å². The summed E-state index contributed by atoms with van der Waals surface area (Å²) < 4.78 is 0. The van der Waals surface area contributed by atoms with Crippen molar-refractivity contribution in [2.75, 3.05) is 33.2 Å². The molecule has 0 aliphatic carbocycles. The highest BCUT2D eigenvalue weighted by Gasteiger charge is 2.15. The van der Waals surface area contributed by atoms with Crippen molar-refractivity contribution in [1.29, 1.82) is 0 Å². The number of likely N-dealkylation sites (N-methyl/N-ethyl adjacent to an activating group) is 1. The summed E-state index contributed by atoms with van der Waals surface area (Å²) in [6, 6.07) is 0. The van der Waals surface area contributed by atoms with Crippen molar-refractivity contribution in [1.82, 2.24) is 9.80 Å². The van der Waals surface area contributed by atoms with Gasteiger partial charge in [-0.25, -0.2) is 0 Å². The van der Waals surface area contributed by atoms with Gasteiger partial charge in [0.2, 0.25) is 0 Å². The summed E-state index contributed by atoms with van der Waals surface area (Å²) in [6.07, 6.45) is 3.01.